The van der Waals surface area contributed by atoms with Crippen LogP contribution < -0.4 is 22.1 Å². The summed E-state index contributed by atoms with van der Waals surface area (Å²) in [5.41, 5.74) is 11.2. The zero-order valence-electron chi connectivity index (χ0n) is 15.7. The molecule has 8 N–H and O–H groups in total. The predicted octanol–water partition coefficient (Wildman–Crippen LogP) is -1.15. The van der Waals surface area contributed by atoms with Gasteiger partial charge in [0.05, 0.1) is 12.5 Å². The summed E-state index contributed by atoms with van der Waals surface area (Å²) in [5, 5.41) is 23.5. The lowest BCUT2D eigenvalue weighted by molar-refractivity contribution is -0.143. The molecular formula is C18H26N4O6. The molecule has 0 radical (unpaired) electrons. The minimum absolute atomic E-state index is 0.0194. The molecule has 10 nitrogen and oxygen atoms in total. The van der Waals surface area contributed by atoms with Crippen molar-refractivity contribution in [2.45, 2.75) is 44.8 Å². The number of phenolic OH excluding ortho intramolecular Hbond substituents is 1. The van der Waals surface area contributed by atoms with Crippen molar-refractivity contribution in [2.75, 3.05) is 0 Å². The van der Waals surface area contributed by atoms with Crippen LogP contribution in [0.2, 0.25) is 0 Å². The Bertz CT molecular complexity index is 719. The number of aromatic hydroxyl groups is 1. The first-order valence-corrected chi connectivity index (χ1v) is 8.66. The Labute approximate surface area is 162 Å². The number of hydrogen-bond acceptors (Lipinski definition) is 6. The number of nitrogens with one attached hydrogen (secondary N) is 2. The molecule has 0 saturated heterocycles. The molecule has 3 amide bonds. The number of carboxylic acid groups (broad SMARTS) is 1. The monoisotopic (exact) mass is 394 g/mol. The Morgan fingerprint density at radius 2 is 1.61 bits per heavy atom. The Balaban J connectivity index is 3.00. The van der Waals surface area contributed by atoms with E-state index in [-0.39, 0.29) is 18.1 Å². The third kappa shape index (κ3) is 7.23. The summed E-state index contributed by atoms with van der Waals surface area (Å²) in [5.74, 6) is -3.81. The van der Waals surface area contributed by atoms with Gasteiger partial charge in [-0.15, -0.1) is 0 Å². The van der Waals surface area contributed by atoms with Gasteiger partial charge in [0.15, 0.2) is 0 Å². The minimum atomic E-state index is -1.24. The van der Waals surface area contributed by atoms with Gasteiger partial charge >= 0.3 is 5.97 Å². The number of benzene rings is 1. The summed E-state index contributed by atoms with van der Waals surface area (Å²) < 4.78 is 0. The molecule has 3 atom stereocenters. The van der Waals surface area contributed by atoms with Gasteiger partial charge in [0.2, 0.25) is 17.7 Å². The van der Waals surface area contributed by atoms with Crippen LogP contribution >= 0.6 is 0 Å². The van der Waals surface area contributed by atoms with Crippen LogP contribution in [0.5, 0.6) is 5.75 Å². The van der Waals surface area contributed by atoms with Gasteiger partial charge in [-0.1, -0.05) is 26.0 Å². The van der Waals surface area contributed by atoms with Gasteiger partial charge in [0, 0.05) is 6.42 Å². The molecule has 28 heavy (non-hydrogen) atoms. The van der Waals surface area contributed by atoms with Crippen molar-refractivity contribution in [3.05, 3.63) is 29.8 Å². The number of nitrogens with two attached hydrogens (primary N) is 2. The molecule has 10 heteroatoms. The maximum absolute atomic E-state index is 12.6. The lowest BCUT2D eigenvalue weighted by atomic mass is 10.0. The van der Waals surface area contributed by atoms with Crippen molar-refractivity contribution < 1.29 is 29.4 Å². The third-order valence-corrected chi connectivity index (χ3v) is 4.00. The SMILES string of the molecule is CC(C)[C@H](NC(=O)[C@H](Cc1ccc(O)cc1)NC(=O)[C@@H](N)CC(N)=O)C(=O)O. The highest BCUT2D eigenvalue weighted by atomic mass is 16.4. The van der Waals surface area contributed by atoms with Crippen LogP contribution in [0.15, 0.2) is 24.3 Å². The van der Waals surface area contributed by atoms with E-state index in [1.165, 1.54) is 12.1 Å². The summed E-state index contributed by atoms with van der Waals surface area (Å²) in [6, 6.07) is 2.42. The number of rotatable bonds is 10. The summed E-state index contributed by atoms with van der Waals surface area (Å²) in [7, 11) is 0. The van der Waals surface area contributed by atoms with Crippen LogP contribution in [-0.4, -0.2) is 52.0 Å². The van der Waals surface area contributed by atoms with Crippen LogP contribution in [0, 0.1) is 5.92 Å². The number of carbonyl (C=O) groups is 4. The fourth-order valence-corrected chi connectivity index (χ4v) is 2.43. The number of phenols is 1. The molecule has 0 aromatic heterocycles. The molecule has 0 aliphatic carbocycles. The van der Waals surface area contributed by atoms with Crippen molar-refractivity contribution in [1.82, 2.24) is 10.6 Å². The number of carboxylic acids is 1. The van der Waals surface area contributed by atoms with Crippen molar-refractivity contribution in [1.29, 1.82) is 0 Å². The van der Waals surface area contributed by atoms with Gasteiger partial charge in [-0.25, -0.2) is 4.79 Å². The summed E-state index contributed by atoms with van der Waals surface area (Å²) in [6.07, 6.45) is -0.380. The van der Waals surface area contributed by atoms with Crippen LogP contribution in [-0.2, 0) is 25.6 Å². The molecule has 0 heterocycles. The van der Waals surface area contributed by atoms with Gasteiger partial charge in [0.25, 0.3) is 0 Å². The average Bonchev–Trinajstić information content (AvgIpc) is 2.59. The van der Waals surface area contributed by atoms with E-state index in [9.17, 15) is 29.4 Å². The molecule has 0 bridgehead atoms. The second-order valence-electron chi connectivity index (χ2n) is 6.78. The number of amides is 3. The standard InChI is InChI=1S/C18H26N4O6/c1-9(2)15(18(27)28)22-17(26)13(7-10-3-5-11(23)6-4-10)21-16(25)12(19)8-14(20)24/h3-6,9,12-13,15,23H,7-8,19H2,1-2H3,(H2,20,24)(H,21,25)(H,22,26)(H,27,28)/t12-,13-,15-/m0/s1. The van der Waals surface area contributed by atoms with Crippen molar-refractivity contribution in [2.24, 2.45) is 17.4 Å². The zero-order chi connectivity index (χ0) is 21.4. The van der Waals surface area contributed by atoms with Crippen LogP contribution in [0.4, 0.5) is 0 Å². The molecule has 0 unspecified atom stereocenters. The minimum Gasteiger partial charge on any atom is -0.508 e. The molecule has 0 aliphatic rings. The first kappa shape index (κ1) is 22.9. The summed E-state index contributed by atoms with van der Waals surface area (Å²) in [6.45, 7) is 3.27. The molecule has 1 rings (SSSR count). The molecule has 0 spiro atoms. The number of primary amides is 1. The highest BCUT2D eigenvalue weighted by Gasteiger charge is 2.30. The van der Waals surface area contributed by atoms with Gasteiger partial charge in [-0.05, 0) is 23.6 Å². The third-order valence-electron chi connectivity index (χ3n) is 4.00. The van der Waals surface area contributed by atoms with Gasteiger partial charge in [-0.3, -0.25) is 14.4 Å². The highest BCUT2D eigenvalue weighted by molar-refractivity contribution is 5.93. The van der Waals surface area contributed by atoms with E-state index >= 15 is 0 Å². The number of hydrogen-bond donors (Lipinski definition) is 6. The highest BCUT2D eigenvalue weighted by Crippen LogP contribution is 2.12. The van der Waals surface area contributed by atoms with E-state index in [4.69, 9.17) is 11.5 Å². The second-order valence-corrected chi connectivity index (χ2v) is 6.78. The van der Waals surface area contributed by atoms with Crippen molar-refractivity contribution >= 4 is 23.7 Å². The first-order valence-electron chi connectivity index (χ1n) is 8.66. The average molecular weight is 394 g/mol. The van der Waals surface area contributed by atoms with E-state index < -0.39 is 48.2 Å². The van der Waals surface area contributed by atoms with E-state index in [2.05, 4.69) is 10.6 Å². The van der Waals surface area contributed by atoms with Crippen LogP contribution in [0.3, 0.4) is 0 Å². The van der Waals surface area contributed by atoms with E-state index in [0.717, 1.165) is 0 Å². The second kappa shape index (κ2) is 10.3. The predicted molar refractivity (Wildman–Crippen MR) is 99.9 cm³/mol. The molecule has 0 aliphatic heterocycles. The molecule has 154 valence electrons. The Morgan fingerprint density at radius 3 is 2.07 bits per heavy atom. The molecule has 1 aromatic rings. The van der Waals surface area contributed by atoms with E-state index in [1.807, 2.05) is 0 Å². The Hall–Kier alpha value is -3.14. The lowest BCUT2D eigenvalue weighted by Gasteiger charge is -2.24. The fourth-order valence-electron chi connectivity index (χ4n) is 2.43. The quantitative estimate of drug-likeness (QED) is 0.289. The van der Waals surface area contributed by atoms with Crippen molar-refractivity contribution in [3.8, 4) is 5.75 Å². The number of carbonyl (C=O) groups excluding carboxylic acids is 3. The fraction of sp³-hybridized carbons (Fsp3) is 0.444. The summed E-state index contributed by atoms with van der Waals surface area (Å²) >= 11 is 0. The molecular weight excluding hydrogens is 368 g/mol. The first-order chi connectivity index (χ1) is 13.0. The maximum atomic E-state index is 12.6. The number of aliphatic carboxylic acids is 1. The molecule has 1 aromatic carbocycles. The molecule has 0 saturated carbocycles. The lowest BCUT2D eigenvalue weighted by Crippen LogP contribution is -2.56. The van der Waals surface area contributed by atoms with Gasteiger partial charge in [-0.2, -0.15) is 0 Å². The smallest absolute Gasteiger partial charge is 0.326 e. The van der Waals surface area contributed by atoms with E-state index in [1.54, 1.807) is 26.0 Å². The normalized spacial score (nSPS) is 14.0. The van der Waals surface area contributed by atoms with Gasteiger partial charge in [0.1, 0.15) is 17.8 Å². The Morgan fingerprint density at radius 1 is 1.04 bits per heavy atom. The molecule has 0 fully saturated rings. The topological polar surface area (TPSA) is 185 Å². The largest absolute Gasteiger partial charge is 0.508 e. The Kier molecular flexibility index (Phi) is 8.39. The summed E-state index contributed by atoms with van der Waals surface area (Å²) in [4.78, 5) is 47.1. The van der Waals surface area contributed by atoms with E-state index in [0.29, 0.717) is 5.56 Å². The van der Waals surface area contributed by atoms with Crippen molar-refractivity contribution in [3.63, 3.8) is 0 Å². The van der Waals surface area contributed by atoms with Gasteiger partial charge < -0.3 is 32.3 Å². The maximum Gasteiger partial charge on any atom is 0.326 e. The van der Waals surface area contributed by atoms with Crippen LogP contribution in [0.25, 0.3) is 0 Å². The zero-order valence-corrected chi connectivity index (χ0v) is 15.7. The van der Waals surface area contributed by atoms with Crippen LogP contribution in [0.1, 0.15) is 25.8 Å².